The van der Waals surface area contributed by atoms with E-state index in [1.165, 1.54) is 5.56 Å². The minimum Gasteiger partial charge on any atom is -0.300 e. The molecule has 0 heterocycles. The van der Waals surface area contributed by atoms with E-state index in [9.17, 15) is 5.26 Å². The Balaban J connectivity index is 1.98. The lowest BCUT2D eigenvalue weighted by Gasteiger charge is -2.20. The molecule has 2 nitrogen and oxygen atoms in total. The van der Waals surface area contributed by atoms with Crippen LogP contribution < -0.4 is 0 Å². The van der Waals surface area contributed by atoms with E-state index in [1.54, 1.807) is 0 Å². The zero-order valence-corrected chi connectivity index (χ0v) is 13.0. The quantitative estimate of drug-likeness (QED) is 0.822. The Morgan fingerprint density at radius 1 is 1.10 bits per heavy atom. The first-order valence-electron chi connectivity index (χ1n) is 6.56. The molecule has 0 amide bonds. The van der Waals surface area contributed by atoms with Crippen molar-refractivity contribution in [3.8, 4) is 6.07 Å². The van der Waals surface area contributed by atoms with Gasteiger partial charge in [-0.05, 0) is 30.3 Å². The van der Waals surface area contributed by atoms with E-state index >= 15 is 0 Å². The van der Waals surface area contributed by atoms with Crippen molar-refractivity contribution >= 4 is 15.9 Å². The van der Waals surface area contributed by atoms with E-state index in [0.29, 0.717) is 0 Å². The van der Waals surface area contributed by atoms with Crippen LogP contribution in [0.4, 0.5) is 0 Å². The Morgan fingerprint density at radius 2 is 1.75 bits per heavy atom. The van der Waals surface area contributed by atoms with Gasteiger partial charge in [-0.1, -0.05) is 58.4 Å². The average Bonchev–Trinajstić information content (AvgIpc) is 2.48. The molecule has 0 aliphatic rings. The van der Waals surface area contributed by atoms with Crippen molar-refractivity contribution in [2.75, 3.05) is 13.6 Å². The molecule has 20 heavy (non-hydrogen) atoms. The van der Waals surface area contributed by atoms with E-state index < -0.39 is 0 Å². The molecule has 2 aromatic carbocycles. The van der Waals surface area contributed by atoms with Gasteiger partial charge >= 0.3 is 0 Å². The molecule has 0 N–H and O–H groups in total. The van der Waals surface area contributed by atoms with E-state index in [2.05, 4.69) is 46.1 Å². The van der Waals surface area contributed by atoms with Gasteiger partial charge in [0.15, 0.2) is 0 Å². The Bertz CT molecular complexity index is 572. The van der Waals surface area contributed by atoms with Crippen molar-refractivity contribution in [1.82, 2.24) is 4.90 Å². The lowest BCUT2D eigenvalue weighted by Crippen LogP contribution is -2.23. The molecule has 102 valence electrons. The third kappa shape index (κ3) is 4.19. The molecule has 2 aromatic rings. The summed E-state index contributed by atoms with van der Waals surface area (Å²) in [4.78, 5) is 2.18. The number of nitriles is 1. The van der Waals surface area contributed by atoms with Gasteiger partial charge in [0.05, 0.1) is 12.0 Å². The summed E-state index contributed by atoms with van der Waals surface area (Å²) < 4.78 is 1.09. The number of hydrogen-bond acceptors (Lipinski definition) is 2. The summed E-state index contributed by atoms with van der Waals surface area (Å²) in [6.45, 7) is 1.58. The van der Waals surface area contributed by atoms with E-state index in [1.807, 2.05) is 42.5 Å². The molecule has 0 aliphatic carbocycles. The number of nitrogens with zero attached hydrogens (tertiary/aromatic N) is 2. The second-order valence-electron chi connectivity index (χ2n) is 4.92. The van der Waals surface area contributed by atoms with Gasteiger partial charge in [0, 0.05) is 17.6 Å². The number of rotatable bonds is 5. The van der Waals surface area contributed by atoms with Crippen molar-refractivity contribution in [3.05, 3.63) is 70.2 Å². The van der Waals surface area contributed by atoms with Crippen LogP contribution in [0, 0.1) is 11.3 Å². The summed E-state index contributed by atoms with van der Waals surface area (Å²) in [5.41, 5.74) is 2.33. The van der Waals surface area contributed by atoms with E-state index in [-0.39, 0.29) is 5.92 Å². The lowest BCUT2D eigenvalue weighted by molar-refractivity contribution is 0.320. The van der Waals surface area contributed by atoms with Gasteiger partial charge in [-0.15, -0.1) is 0 Å². The molecule has 0 aromatic heterocycles. The van der Waals surface area contributed by atoms with Crippen LogP contribution in [0.5, 0.6) is 0 Å². The van der Waals surface area contributed by atoms with Gasteiger partial charge in [-0.25, -0.2) is 0 Å². The smallest absolute Gasteiger partial charge is 0.0839 e. The van der Waals surface area contributed by atoms with Crippen LogP contribution in [0.1, 0.15) is 17.0 Å². The first-order chi connectivity index (χ1) is 9.69. The predicted molar refractivity (Wildman–Crippen MR) is 85.3 cm³/mol. The summed E-state index contributed by atoms with van der Waals surface area (Å²) in [6, 6.07) is 20.7. The van der Waals surface area contributed by atoms with Gasteiger partial charge in [0.25, 0.3) is 0 Å². The van der Waals surface area contributed by atoms with E-state index in [4.69, 9.17) is 0 Å². The predicted octanol–water partition coefficient (Wildman–Crippen LogP) is 4.19. The van der Waals surface area contributed by atoms with Crippen molar-refractivity contribution < 1.29 is 0 Å². The van der Waals surface area contributed by atoms with Gasteiger partial charge in [-0.2, -0.15) is 5.26 Å². The van der Waals surface area contributed by atoms with Crippen LogP contribution >= 0.6 is 15.9 Å². The summed E-state index contributed by atoms with van der Waals surface area (Å²) in [5, 5.41) is 9.35. The van der Waals surface area contributed by atoms with Gasteiger partial charge in [0.1, 0.15) is 0 Å². The Kier molecular flexibility index (Phi) is 5.34. The van der Waals surface area contributed by atoms with Gasteiger partial charge < -0.3 is 4.90 Å². The summed E-state index contributed by atoms with van der Waals surface area (Å²) >= 11 is 3.44. The molecule has 0 fully saturated rings. The summed E-state index contributed by atoms with van der Waals surface area (Å²) in [5.74, 6) is -0.0864. The van der Waals surface area contributed by atoms with Crippen molar-refractivity contribution in [2.24, 2.45) is 0 Å². The van der Waals surface area contributed by atoms with Crippen LogP contribution in [0.25, 0.3) is 0 Å². The maximum Gasteiger partial charge on any atom is 0.0839 e. The maximum atomic E-state index is 9.35. The van der Waals surface area contributed by atoms with Crippen LogP contribution in [0.15, 0.2) is 59.1 Å². The third-order valence-corrected chi connectivity index (χ3v) is 3.75. The average molecular weight is 329 g/mol. The maximum absolute atomic E-state index is 9.35. The fourth-order valence-corrected chi connectivity index (χ4v) is 2.45. The number of halogens is 1. The summed E-state index contributed by atoms with van der Waals surface area (Å²) in [6.07, 6.45) is 0. The topological polar surface area (TPSA) is 27.0 Å². The number of likely N-dealkylation sites (N-methyl/N-ethyl adjacent to an activating group) is 1. The van der Waals surface area contributed by atoms with Gasteiger partial charge in [-0.3, -0.25) is 0 Å². The SMILES string of the molecule is CN(Cc1ccc(Br)cc1)CC(C#N)c1ccccc1. The molecule has 0 aliphatic heterocycles. The zero-order valence-electron chi connectivity index (χ0n) is 11.5. The second-order valence-corrected chi connectivity index (χ2v) is 5.83. The fraction of sp³-hybridized carbons (Fsp3) is 0.235. The molecule has 3 heteroatoms. The molecule has 0 saturated heterocycles. The Morgan fingerprint density at radius 3 is 2.35 bits per heavy atom. The molecular weight excluding hydrogens is 312 g/mol. The number of hydrogen-bond donors (Lipinski definition) is 0. The first-order valence-corrected chi connectivity index (χ1v) is 7.36. The minimum absolute atomic E-state index is 0.0864. The van der Waals surface area contributed by atoms with Crippen LogP contribution in [0.2, 0.25) is 0 Å². The molecule has 0 saturated carbocycles. The highest BCUT2D eigenvalue weighted by atomic mass is 79.9. The molecular formula is C17H17BrN2. The molecule has 2 rings (SSSR count). The Hall–Kier alpha value is -1.63. The second kappa shape index (κ2) is 7.23. The first kappa shape index (κ1) is 14.8. The van der Waals surface area contributed by atoms with Crippen molar-refractivity contribution in [2.45, 2.75) is 12.5 Å². The third-order valence-electron chi connectivity index (χ3n) is 3.22. The fourth-order valence-electron chi connectivity index (χ4n) is 2.18. The molecule has 0 spiro atoms. The molecule has 1 unspecified atom stereocenters. The highest BCUT2D eigenvalue weighted by Gasteiger charge is 2.13. The van der Waals surface area contributed by atoms with Crippen molar-refractivity contribution in [3.63, 3.8) is 0 Å². The standard InChI is InChI=1S/C17H17BrN2/c1-20(12-14-7-9-17(18)10-8-14)13-16(11-19)15-5-3-2-4-6-15/h2-10,16H,12-13H2,1H3. The minimum atomic E-state index is -0.0864. The normalized spacial score (nSPS) is 12.1. The van der Waals surface area contributed by atoms with Crippen LogP contribution in [-0.4, -0.2) is 18.5 Å². The highest BCUT2D eigenvalue weighted by molar-refractivity contribution is 9.10. The molecule has 0 radical (unpaired) electrons. The highest BCUT2D eigenvalue weighted by Crippen LogP contribution is 2.17. The zero-order chi connectivity index (χ0) is 14.4. The largest absolute Gasteiger partial charge is 0.300 e. The molecule has 0 bridgehead atoms. The van der Waals surface area contributed by atoms with Crippen molar-refractivity contribution in [1.29, 1.82) is 5.26 Å². The van der Waals surface area contributed by atoms with E-state index in [0.717, 1.165) is 23.1 Å². The lowest BCUT2D eigenvalue weighted by atomic mass is 10.00. The Labute approximate surface area is 128 Å². The monoisotopic (exact) mass is 328 g/mol. The summed E-state index contributed by atoms with van der Waals surface area (Å²) in [7, 11) is 2.05. The van der Waals surface area contributed by atoms with Crippen LogP contribution in [0.3, 0.4) is 0 Å². The number of benzene rings is 2. The molecule has 1 atom stereocenters. The van der Waals surface area contributed by atoms with Gasteiger partial charge in [0.2, 0.25) is 0 Å². The van der Waals surface area contributed by atoms with Crippen LogP contribution in [-0.2, 0) is 6.54 Å².